The number of Topliss-reactive ketones (excluding diaryl/α,β-unsaturated/α-hetero) is 1. The minimum absolute atomic E-state index is 0.0214. The third-order valence-electron chi connectivity index (χ3n) is 3.63. The maximum Gasteiger partial charge on any atom is 0.184 e. The molecule has 3 heterocycles. The van der Waals surface area contributed by atoms with E-state index >= 15 is 0 Å². The Labute approximate surface area is 134 Å². The van der Waals surface area contributed by atoms with Gasteiger partial charge >= 0.3 is 0 Å². The maximum absolute atomic E-state index is 12.3. The van der Waals surface area contributed by atoms with Crippen LogP contribution in [-0.4, -0.2) is 30.5 Å². The highest BCUT2D eigenvalue weighted by Crippen LogP contribution is 2.18. The third kappa shape index (κ3) is 3.21. The van der Waals surface area contributed by atoms with E-state index in [1.54, 1.807) is 6.33 Å². The van der Waals surface area contributed by atoms with Crippen LogP contribution in [0.1, 0.15) is 41.6 Å². The van der Waals surface area contributed by atoms with E-state index in [2.05, 4.69) is 34.0 Å². The molecule has 0 atom stereocenters. The Hall–Kier alpha value is -2.76. The lowest BCUT2D eigenvalue weighted by molar-refractivity contribution is 0.0988. The van der Waals surface area contributed by atoms with E-state index in [1.807, 2.05) is 42.0 Å². The molecular formula is C17H19N5O. The van der Waals surface area contributed by atoms with Crippen molar-refractivity contribution in [1.82, 2.24) is 24.7 Å². The first-order valence-electron chi connectivity index (χ1n) is 7.58. The highest BCUT2D eigenvalue weighted by atomic mass is 16.1. The van der Waals surface area contributed by atoms with E-state index in [9.17, 15) is 4.79 Å². The van der Waals surface area contributed by atoms with E-state index in [1.165, 1.54) is 0 Å². The molecule has 1 N–H and O–H groups in total. The summed E-state index contributed by atoms with van der Waals surface area (Å²) < 4.78 is 1.96. The minimum Gasteiger partial charge on any atom is -0.359 e. The lowest BCUT2D eigenvalue weighted by atomic mass is 10.1. The molecule has 0 aromatic carbocycles. The normalized spacial score (nSPS) is 11.1. The Bertz CT molecular complexity index is 831. The summed E-state index contributed by atoms with van der Waals surface area (Å²) in [6.45, 7) is 6.08. The van der Waals surface area contributed by atoms with Crippen LogP contribution in [0.2, 0.25) is 0 Å². The van der Waals surface area contributed by atoms with Gasteiger partial charge in [0.1, 0.15) is 12.0 Å². The van der Waals surface area contributed by atoms with Crippen LogP contribution >= 0.6 is 0 Å². The zero-order chi connectivity index (χ0) is 16.4. The van der Waals surface area contributed by atoms with Crippen molar-refractivity contribution in [2.24, 2.45) is 0 Å². The van der Waals surface area contributed by atoms with E-state index in [0.717, 1.165) is 17.0 Å². The molecule has 0 aliphatic heterocycles. The van der Waals surface area contributed by atoms with Crippen LogP contribution in [0.4, 0.5) is 0 Å². The molecule has 0 unspecified atom stereocenters. The Morgan fingerprint density at radius 3 is 2.87 bits per heavy atom. The van der Waals surface area contributed by atoms with Crippen LogP contribution in [0.15, 0.2) is 36.8 Å². The van der Waals surface area contributed by atoms with Crippen LogP contribution in [0.5, 0.6) is 0 Å². The lowest BCUT2D eigenvalue weighted by Crippen LogP contribution is -2.07. The fourth-order valence-electron chi connectivity index (χ4n) is 2.43. The number of aromatic amines is 1. The fraction of sp³-hybridized carbons (Fsp3) is 0.294. The number of hydrogen-bond acceptors (Lipinski definition) is 4. The number of carbonyl (C=O) groups excluding carboxylic acids is 1. The summed E-state index contributed by atoms with van der Waals surface area (Å²) in [5, 5.41) is 8.11. The van der Waals surface area contributed by atoms with E-state index in [4.69, 9.17) is 0 Å². The molecule has 0 bridgehead atoms. The number of aromatic nitrogens is 5. The number of pyridine rings is 1. The highest BCUT2D eigenvalue weighted by molar-refractivity contribution is 5.95. The van der Waals surface area contributed by atoms with Crippen molar-refractivity contribution < 1.29 is 4.79 Å². The molecule has 0 saturated heterocycles. The van der Waals surface area contributed by atoms with E-state index in [0.29, 0.717) is 11.5 Å². The van der Waals surface area contributed by atoms with Gasteiger partial charge in [0.05, 0.1) is 12.1 Å². The van der Waals surface area contributed by atoms with Gasteiger partial charge in [-0.25, -0.2) is 4.98 Å². The number of nitrogens with one attached hydrogen (secondary N) is 1. The van der Waals surface area contributed by atoms with Crippen molar-refractivity contribution in [2.45, 2.75) is 33.2 Å². The molecule has 6 nitrogen and oxygen atoms in total. The van der Waals surface area contributed by atoms with Gasteiger partial charge < -0.3 is 9.55 Å². The maximum atomic E-state index is 12.3. The number of aryl methyl sites for hydroxylation is 1. The summed E-state index contributed by atoms with van der Waals surface area (Å²) in [5.41, 5.74) is 3.10. The van der Waals surface area contributed by atoms with Crippen LogP contribution < -0.4 is 0 Å². The standard InChI is InChI=1S/C17H19N5O/c1-11(2)22-10-19-21-17(22)14-6-4-5-13(20-14)8-16(23)15-7-12(3)9-18-15/h4-7,9-11,18H,8H2,1-3H3. The van der Waals surface area contributed by atoms with E-state index in [-0.39, 0.29) is 18.2 Å². The van der Waals surface area contributed by atoms with Gasteiger partial charge in [0, 0.05) is 17.9 Å². The average Bonchev–Trinajstić information content (AvgIpc) is 3.16. The van der Waals surface area contributed by atoms with Gasteiger partial charge in [0.2, 0.25) is 0 Å². The second-order valence-corrected chi connectivity index (χ2v) is 5.86. The molecule has 3 rings (SSSR count). The smallest absolute Gasteiger partial charge is 0.184 e. The molecule has 0 spiro atoms. The Balaban J connectivity index is 1.85. The second kappa shape index (κ2) is 6.16. The zero-order valence-electron chi connectivity index (χ0n) is 13.4. The third-order valence-corrected chi connectivity index (χ3v) is 3.63. The SMILES string of the molecule is Cc1c[nH]c(C(=O)Cc2cccc(-c3nncn3C(C)C)n2)c1. The number of ketones is 1. The topological polar surface area (TPSA) is 76.5 Å². The van der Waals surface area contributed by atoms with Gasteiger partial charge in [-0.05, 0) is 44.5 Å². The predicted octanol–water partition coefficient (Wildman–Crippen LogP) is 2.98. The Kier molecular flexibility index (Phi) is 4.06. The van der Waals surface area contributed by atoms with Crippen LogP contribution in [-0.2, 0) is 6.42 Å². The number of hydrogen-bond donors (Lipinski definition) is 1. The van der Waals surface area contributed by atoms with E-state index < -0.39 is 0 Å². The van der Waals surface area contributed by atoms with Gasteiger partial charge in [0.25, 0.3) is 0 Å². The van der Waals surface area contributed by atoms with Crippen molar-refractivity contribution in [2.75, 3.05) is 0 Å². The molecule has 3 aromatic rings. The summed E-state index contributed by atoms with van der Waals surface area (Å²) in [6, 6.07) is 7.73. The van der Waals surface area contributed by atoms with Crippen LogP contribution in [0, 0.1) is 6.92 Å². The zero-order valence-corrected chi connectivity index (χ0v) is 13.4. The van der Waals surface area contributed by atoms with Crippen molar-refractivity contribution in [1.29, 1.82) is 0 Å². The molecule has 118 valence electrons. The molecule has 0 aliphatic carbocycles. The number of rotatable bonds is 5. The molecular weight excluding hydrogens is 290 g/mol. The average molecular weight is 309 g/mol. The van der Waals surface area contributed by atoms with Crippen molar-refractivity contribution in [3.05, 3.63) is 53.7 Å². The van der Waals surface area contributed by atoms with Gasteiger partial charge in [-0.2, -0.15) is 0 Å². The summed E-state index contributed by atoms with van der Waals surface area (Å²) in [7, 11) is 0. The molecule has 0 aliphatic rings. The molecule has 0 radical (unpaired) electrons. The molecule has 3 aromatic heterocycles. The number of H-pyrrole nitrogens is 1. The van der Waals surface area contributed by atoms with Crippen molar-refractivity contribution >= 4 is 5.78 Å². The van der Waals surface area contributed by atoms with Gasteiger partial charge in [-0.15, -0.1) is 10.2 Å². The summed E-state index contributed by atoms with van der Waals surface area (Å²) in [4.78, 5) is 19.9. The van der Waals surface area contributed by atoms with Gasteiger partial charge in [0.15, 0.2) is 11.6 Å². The fourth-order valence-corrected chi connectivity index (χ4v) is 2.43. The number of nitrogens with zero attached hydrogens (tertiary/aromatic N) is 4. The van der Waals surface area contributed by atoms with Gasteiger partial charge in [-0.1, -0.05) is 6.07 Å². The molecule has 23 heavy (non-hydrogen) atoms. The summed E-state index contributed by atoms with van der Waals surface area (Å²) in [6.07, 6.45) is 3.77. The quantitative estimate of drug-likeness (QED) is 0.735. The van der Waals surface area contributed by atoms with Crippen LogP contribution in [0.25, 0.3) is 11.5 Å². The molecule has 0 fully saturated rings. The minimum atomic E-state index is 0.0214. The lowest BCUT2D eigenvalue weighted by Gasteiger charge is -2.10. The highest BCUT2D eigenvalue weighted by Gasteiger charge is 2.14. The molecule has 0 amide bonds. The Morgan fingerprint density at radius 2 is 2.17 bits per heavy atom. The number of carbonyl (C=O) groups is 1. The first-order chi connectivity index (χ1) is 11.0. The molecule has 0 saturated carbocycles. The molecule has 6 heteroatoms. The second-order valence-electron chi connectivity index (χ2n) is 5.86. The summed E-state index contributed by atoms with van der Waals surface area (Å²) in [5.74, 6) is 0.734. The van der Waals surface area contributed by atoms with Crippen LogP contribution in [0.3, 0.4) is 0 Å². The largest absolute Gasteiger partial charge is 0.359 e. The van der Waals surface area contributed by atoms with Crippen molar-refractivity contribution in [3.8, 4) is 11.5 Å². The predicted molar refractivity (Wildman–Crippen MR) is 87.2 cm³/mol. The van der Waals surface area contributed by atoms with Crippen molar-refractivity contribution in [3.63, 3.8) is 0 Å². The van der Waals surface area contributed by atoms with Gasteiger partial charge in [-0.3, -0.25) is 4.79 Å². The summed E-state index contributed by atoms with van der Waals surface area (Å²) >= 11 is 0. The first-order valence-corrected chi connectivity index (χ1v) is 7.58. The Morgan fingerprint density at radius 1 is 1.35 bits per heavy atom. The monoisotopic (exact) mass is 309 g/mol. The first kappa shape index (κ1) is 15.1.